The molecule has 3 heteroatoms. The standard InChI is InChI=1S/C5H5N.C3H7NO/c1-2-4-6-5-3-1;5-3-1-4-2-3/h1-5H;3-5H,1-2H2. The van der Waals surface area contributed by atoms with E-state index in [1.807, 2.05) is 18.2 Å². The SMILES string of the molecule is OC1CNC1.c1ccncc1. The first kappa shape index (κ1) is 8.17. The maximum atomic E-state index is 8.39. The van der Waals surface area contributed by atoms with Crippen LogP contribution in [0.3, 0.4) is 0 Å². The summed E-state index contributed by atoms with van der Waals surface area (Å²) in [5.74, 6) is 0. The van der Waals surface area contributed by atoms with E-state index in [9.17, 15) is 0 Å². The van der Waals surface area contributed by atoms with Crippen LogP contribution in [0.25, 0.3) is 0 Å². The number of β-amino-alcohol motifs (C(OH)–C–C–N with tert-alkyl or cyclic N) is 1. The van der Waals surface area contributed by atoms with E-state index in [1.54, 1.807) is 12.4 Å². The molecule has 0 spiro atoms. The molecule has 2 heterocycles. The Morgan fingerprint density at radius 3 is 1.82 bits per heavy atom. The number of aliphatic hydroxyl groups is 1. The van der Waals surface area contributed by atoms with Gasteiger partial charge in [0.05, 0.1) is 6.10 Å². The Labute approximate surface area is 66.1 Å². The van der Waals surface area contributed by atoms with Gasteiger partial charge in [-0.1, -0.05) is 6.07 Å². The number of nitrogens with zero attached hydrogens (tertiary/aromatic N) is 1. The van der Waals surface area contributed by atoms with Crippen LogP contribution >= 0.6 is 0 Å². The van der Waals surface area contributed by atoms with Crippen molar-refractivity contribution < 1.29 is 5.11 Å². The fourth-order valence-electron chi connectivity index (χ4n) is 0.586. The molecule has 1 aromatic heterocycles. The Bertz CT molecular complexity index is 148. The third kappa shape index (κ3) is 3.70. The molecule has 0 amide bonds. The highest BCUT2D eigenvalue weighted by Crippen LogP contribution is 1.85. The molecule has 0 atom stereocenters. The van der Waals surface area contributed by atoms with Gasteiger partial charge in [0.15, 0.2) is 0 Å². The van der Waals surface area contributed by atoms with Crippen molar-refractivity contribution in [2.24, 2.45) is 0 Å². The highest BCUT2D eigenvalue weighted by atomic mass is 16.3. The smallest absolute Gasteiger partial charge is 0.0788 e. The molecule has 0 radical (unpaired) electrons. The number of aliphatic hydroxyl groups excluding tert-OH is 1. The Morgan fingerprint density at radius 2 is 1.73 bits per heavy atom. The second-order valence-corrected chi connectivity index (χ2v) is 2.34. The van der Waals surface area contributed by atoms with Crippen LogP contribution in [0.1, 0.15) is 0 Å². The molecule has 1 aliphatic heterocycles. The number of nitrogens with one attached hydrogen (secondary N) is 1. The van der Waals surface area contributed by atoms with E-state index in [0.717, 1.165) is 13.1 Å². The fraction of sp³-hybridized carbons (Fsp3) is 0.375. The molecule has 1 saturated heterocycles. The quantitative estimate of drug-likeness (QED) is 0.551. The first-order valence-corrected chi connectivity index (χ1v) is 3.63. The largest absolute Gasteiger partial charge is 0.390 e. The van der Waals surface area contributed by atoms with E-state index in [2.05, 4.69) is 10.3 Å². The molecule has 3 nitrogen and oxygen atoms in total. The zero-order chi connectivity index (χ0) is 7.94. The summed E-state index contributed by atoms with van der Waals surface area (Å²) < 4.78 is 0. The molecule has 0 aliphatic carbocycles. The van der Waals surface area contributed by atoms with E-state index >= 15 is 0 Å². The van der Waals surface area contributed by atoms with Gasteiger partial charge in [0.2, 0.25) is 0 Å². The number of pyridine rings is 1. The molecule has 60 valence electrons. The van der Waals surface area contributed by atoms with Crippen molar-refractivity contribution in [1.29, 1.82) is 0 Å². The Hall–Kier alpha value is -0.930. The summed E-state index contributed by atoms with van der Waals surface area (Å²) in [6, 6.07) is 5.72. The van der Waals surface area contributed by atoms with Crippen LogP contribution in [-0.4, -0.2) is 29.3 Å². The maximum Gasteiger partial charge on any atom is 0.0788 e. The van der Waals surface area contributed by atoms with Crippen LogP contribution in [-0.2, 0) is 0 Å². The molecular weight excluding hydrogens is 140 g/mol. The van der Waals surface area contributed by atoms with Crippen molar-refractivity contribution in [1.82, 2.24) is 10.3 Å². The normalized spacial score (nSPS) is 16.1. The van der Waals surface area contributed by atoms with Crippen LogP contribution in [0.4, 0.5) is 0 Å². The Balaban J connectivity index is 0.000000112. The molecule has 1 aliphatic rings. The predicted octanol–water partition coefficient (Wildman–Crippen LogP) is 0.0321. The van der Waals surface area contributed by atoms with Gasteiger partial charge in [-0.15, -0.1) is 0 Å². The van der Waals surface area contributed by atoms with E-state index < -0.39 is 0 Å². The Kier molecular flexibility index (Phi) is 3.58. The molecule has 2 N–H and O–H groups in total. The van der Waals surface area contributed by atoms with Gasteiger partial charge in [-0.2, -0.15) is 0 Å². The lowest BCUT2D eigenvalue weighted by molar-refractivity contribution is 0.117. The van der Waals surface area contributed by atoms with Gasteiger partial charge >= 0.3 is 0 Å². The summed E-state index contributed by atoms with van der Waals surface area (Å²) in [4.78, 5) is 3.78. The fourth-order valence-corrected chi connectivity index (χ4v) is 0.586. The second kappa shape index (κ2) is 4.82. The minimum Gasteiger partial charge on any atom is -0.390 e. The topological polar surface area (TPSA) is 45.1 Å². The number of rotatable bonds is 0. The summed E-state index contributed by atoms with van der Waals surface area (Å²) in [5.41, 5.74) is 0. The van der Waals surface area contributed by atoms with Gasteiger partial charge in [0.25, 0.3) is 0 Å². The minimum absolute atomic E-state index is 0.0463. The van der Waals surface area contributed by atoms with Crippen LogP contribution < -0.4 is 5.32 Å². The van der Waals surface area contributed by atoms with Gasteiger partial charge < -0.3 is 10.4 Å². The lowest BCUT2D eigenvalue weighted by Gasteiger charge is -2.20. The molecule has 0 unspecified atom stereocenters. The Morgan fingerprint density at radius 1 is 1.18 bits per heavy atom. The summed E-state index contributed by atoms with van der Waals surface area (Å²) in [6.07, 6.45) is 3.45. The molecule has 2 rings (SSSR count). The van der Waals surface area contributed by atoms with E-state index in [-0.39, 0.29) is 6.10 Å². The third-order valence-corrected chi connectivity index (χ3v) is 1.33. The van der Waals surface area contributed by atoms with Crippen LogP contribution in [0.5, 0.6) is 0 Å². The summed E-state index contributed by atoms with van der Waals surface area (Å²) >= 11 is 0. The molecule has 0 bridgehead atoms. The van der Waals surface area contributed by atoms with Gasteiger partial charge in [0.1, 0.15) is 0 Å². The molecule has 0 aromatic carbocycles. The number of aromatic nitrogens is 1. The monoisotopic (exact) mass is 152 g/mol. The number of hydrogen-bond donors (Lipinski definition) is 2. The molecule has 0 saturated carbocycles. The van der Waals surface area contributed by atoms with Gasteiger partial charge in [-0.3, -0.25) is 4.98 Å². The molecular formula is C8H12N2O. The van der Waals surface area contributed by atoms with Crippen molar-refractivity contribution in [3.8, 4) is 0 Å². The lowest BCUT2D eigenvalue weighted by Crippen LogP contribution is -2.46. The van der Waals surface area contributed by atoms with Gasteiger partial charge in [-0.05, 0) is 12.1 Å². The predicted molar refractivity (Wildman–Crippen MR) is 43.1 cm³/mol. The van der Waals surface area contributed by atoms with E-state index in [1.165, 1.54) is 0 Å². The highest BCUT2D eigenvalue weighted by molar-refractivity contribution is 4.88. The van der Waals surface area contributed by atoms with Gasteiger partial charge in [-0.25, -0.2) is 0 Å². The van der Waals surface area contributed by atoms with Crippen molar-refractivity contribution in [2.45, 2.75) is 6.10 Å². The van der Waals surface area contributed by atoms with Crippen molar-refractivity contribution in [3.05, 3.63) is 30.6 Å². The average Bonchev–Trinajstić information content (AvgIpc) is 2.05. The molecule has 11 heavy (non-hydrogen) atoms. The molecule has 1 aromatic rings. The highest BCUT2D eigenvalue weighted by Gasteiger charge is 2.10. The molecule has 1 fully saturated rings. The van der Waals surface area contributed by atoms with Crippen molar-refractivity contribution in [3.63, 3.8) is 0 Å². The van der Waals surface area contributed by atoms with Crippen LogP contribution in [0.15, 0.2) is 30.6 Å². The second-order valence-electron chi connectivity index (χ2n) is 2.34. The minimum atomic E-state index is -0.0463. The van der Waals surface area contributed by atoms with Crippen LogP contribution in [0.2, 0.25) is 0 Å². The average molecular weight is 152 g/mol. The van der Waals surface area contributed by atoms with Crippen LogP contribution in [0, 0.1) is 0 Å². The zero-order valence-corrected chi connectivity index (χ0v) is 6.27. The van der Waals surface area contributed by atoms with Crippen molar-refractivity contribution >= 4 is 0 Å². The first-order valence-electron chi connectivity index (χ1n) is 3.63. The first-order chi connectivity index (χ1) is 5.39. The zero-order valence-electron chi connectivity index (χ0n) is 6.27. The third-order valence-electron chi connectivity index (χ3n) is 1.33. The summed E-state index contributed by atoms with van der Waals surface area (Å²) in [7, 11) is 0. The van der Waals surface area contributed by atoms with E-state index in [0.29, 0.717) is 0 Å². The van der Waals surface area contributed by atoms with Gasteiger partial charge in [0, 0.05) is 25.5 Å². The number of hydrogen-bond acceptors (Lipinski definition) is 3. The summed E-state index contributed by atoms with van der Waals surface area (Å²) in [5, 5.41) is 11.3. The lowest BCUT2D eigenvalue weighted by atomic mass is 10.2. The van der Waals surface area contributed by atoms with Crippen molar-refractivity contribution in [2.75, 3.05) is 13.1 Å². The summed E-state index contributed by atoms with van der Waals surface area (Å²) in [6.45, 7) is 1.58. The van der Waals surface area contributed by atoms with E-state index in [4.69, 9.17) is 5.11 Å². The maximum absolute atomic E-state index is 8.39.